The van der Waals surface area contributed by atoms with Gasteiger partial charge in [-0.2, -0.15) is 0 Å². The number of esters is 2. The first-order valence-electron chi connectivity index (χ1n) is 26.1. The van der Waals surface area contributed by atoms with Gasteiger partial charge in [0.05, 0.1) is 13.2 Å². The number of hydrogen-bond acceptors (Lipinski definition) is 5. The van der Waals surface area contributed by atoms with Crippen molar-refractivity contribution in [1.82, 2.24) is 0 Å². The maximum absolute atomic E-state index is 12.8. The molecular formula is C57H98O5. The Labute approximate surface area is 384 Å². The van der Waals surface area contributed by atoms with Crippen LogP contribution in [0.1, 0.15) is 239 Å². The van der Waals surface area contributed by atoms with Crippen LogP contribution in [0.4, 0.5) is 0 Å². The molecule has 0 aromatic carbocycles. The number of ether oxygens (including phenoxy) is 3. The van der Waals surface area contributed by atoms with Gasteiger partial charge in [-0.25, -0.2) is 0 Å². The summed E-state index contributed by atoms with van der Waals surface area (Å²) in [5, 5.41) is 0. The number of carbonyl (C=O) groups excluding carboxylic acids is 2. The van der Waals surface area contributed by atoms with E-state index in [9.17, 15) is 9.59 Å². The van der Waals surface area contributed by atoms with Crippen molar-refractivity contribution in [2.24, 2.45) is 0 Å². The molecule has 0 aliphatic rings. The van der Waals surface area contributed by atoms with Crippen molar-refractivity contribution in [2.75, 3.05) is 19.8 Å². The van der Waals surface area contributed by atoms with E-state index in [1.807, 2.05) is 0 Å². The molecule has 0 saturated heterocycles. The molecule has 0 aliphatic heterocycles. The summed E-state index contributed by atoms with van der Waals surface area (Å²) < 4.78 is 17.3. The fourth-order valence-electron chi connectivity index (χ4n) is 7.03. The molecule has 5 heteroatoms. The number of rotatable bonds is 47. The normalized spacial score (nSPS) is 12.9. The predicted octanol–water partition coefficient (Wildman–Crippen LogP) is 17.7. The van der Waals surface area contributed by atoms with Gasteiger partial charge in [0.2, 0.25) is 0 Å². The highest BCUT2D eigenvalue weighted by Crippen LogP contribution is 2.13. The van der Waals surface area contributed by atoms with Crippen LogP contribution >= 0.6 is 0 Å². The Bertz CT molecular complexity index is 1160. The molecule has 1 unspecified atom stereocenters. The minimum absolute atomic E-state index is 0.0474. The zero-order chi connectivity index (χ0) is 44.9. The van der Waals surface area contributed by atoms with Crippen LogP contribution in [0.2, 0.25) is 0 Å². The topological polar surface area (TPSA) is 61.8 Å². The van der Waals surface area contributed by atoms with Crippen molar-refractivity contribution >= 4 is 11.9 Å². The Kier molecular flexibility index (Phi) is 50.0. The highest BCUT2D eigenvalue weighted by atomic mass is 16.6. The van der Waals surface area contributed by atoms with Gasteiger partial charge < -0.3 is 14.2 Å². The van der Waals surface area contributed by atoms with Gasteiger partial charge in [0, 0.05) is 12.8 Å². The van der Waals surface area contributed by atoms with E-state index in [0.717, 1.165) is 83.5 Å². The molecule has 0 radical (unpaired) electrons. The summed E-state index contributed by atoms with van der Waals surface area (Å²) >= 11 is 0. The lowest BCUT2D eigenvalue weighted by atomic mass is 10.1. The van der Waals surface area contributed by atoms with Gasteiger partial charge in [-0.1, -0.05) is 209 Å². The first kappa shape index (κ1) is 59.1. The molecule has 62 heavy (non-hydrogen) atoms. The SMILES string of the molecule is CC/C=C\C/C=C\C/C=C\C/C=C\C/C=C\CCOCC(COC(=O)CCCCCCCCC/C=C\CCCCCCCC)OC(=O)CCCCCCC/C=C\CCCCCC. The smallest absolute Gasteiger partial charge is 0.306 e. The van der Waals surface area contributed by atoms with E-state index in [0.29, 0.717) is 19.4 Å². The Hall–Kier alpha value is -2.92. The second kappa shape index (κ2) is 52.4. The highest BCUT2D eigenvalue weighted by molar-refractivity contribution is 5.70. The monoisotopic (exact) mass is 863 g/mol. The van der Waals surface area contributed by atoms with Crippen LogP contribution in [0.3, 0.4) is 0 Å². The molecule has 0 bridgehead atoms. The zero-order valence-electron chi connectivity index (χ0n) is 40.9. The van der Waals surface area contributed by atoms with Gasteiger partial charge in [0.1, 0.15) is 6.61 Å². The molecule has 0 heterocycles. The Morgan fingerprint density at radius 3 is 1.18 bits per heavy atom. The number of hydrogen-bond donors (Lipinski definition) is 0. The number of unbranched alkanes of at least 4 members (excludes halogenated alkanes) is 22. The standard InChI is InChI=1S/C57H98O5/c1-4-7-10-13-16-19-22-25-27-29-30-33-35-38-41-44-47-50-56(58)61-54-55(62-57(59)51-48-45-42-39-36-32-24-21-18-15-12-9-6-3)53-60-52-49-46-43-40-37-34-31-28-26-23-20-17-14-11-8-5-2/h8,11,17,20-21,24-28,34,37,43,46,55H,4-7,9-10,12-16,18-19,22-23,29-33,35-36,38-42,44-45,47-54H2,1-3H3/b11-8-,20-17-,24-21-,27-25-,28-26-,37-34-,46-43-. The van der Waals surface area contributed by atoms with Crippen LogP contribution in [0.15, 0.2) is 85.1 Å². The van der Waals surface area contributed by atoms with Crippen LogP contribution < -0.4 is 0 Å². The van der Waals surface area contributed by atoms with Crippen molar-refractivity contribution in [3.63, 3.8) is 0 Å². The summed E-state index contributed by atoms with van der Waals surface area (Å²) in [4.78, 5) is 25.4. The summed E-state index contributed by atoms with van der Waals surface area (Å²) in [6, 6.07) is 0. The summed E-state index contributed by atoms with van der Waals surface area (Å²) in [6.45, 7) is 7.48. The van der Waals surface area contributed by atoms with Crippen molar-refractivity contribution in [3.8, 4) is 0 Å². The molecule has 356 valence electrons. The maximum Gasteiger partial charge on any atom is 0.306 e. The zero-order valence-corrected chi connectivity index (χ0v) is 40.9. The summed E-state index contributed by atoms with van der Waals surface area (Å²) in [6.07, 6.45) is 69.0. The van der Waals surface area contributed by atoms with Gasteiger partial charge in [-0.3, -0.25) is 9.59 Å². The van der Waals surface area contributed by atoms with E-state index >= 15 is 0 Å². The molecule has 0 aromatic rings. The van der Waals surface area contributed by atoms with Gasteiger partial charge >= 0.3 is 11.9 Å². The second-order valence-corrected chi connectivity index (χ2v) is 17.0. The molecule has 0 aliphatic carbocycles. The number of allylic oxidation sites excluding steroid dienone is 13. The third kappa shape index (κ3) is 49.7. The van der Waals surface area contributed by atoms with E-state index in [2.05, 4.69) is 106 Å². The summed E-state index contributed by atoms with van der Waals surface area (Å²) in [5.74, 6) is -0.452. The molecule has 5 nitrogen and oxygen atoms in total. The lowest BCUT2D eigenvalue weighted by Crippen LogP contribution is -2.30. The van der Waals surface area contributed by atoms with E-state index < -0.39 is 6.10 Å². The molecule has 0 spiro atoms. The lowest BCUT2D eigenvalue weighted by molar-refractivity contribution is -0.162. The second-order valence-electron chi connectivity index (χ2n) is 17.0. The van der Waals surface area contributed by atoms with Gasteiger partial charge in [-0.05, 0) is 103 Å². The summed E-state index contributed by atoms with van der Waals surface area (Å²) in [7, 11) is 0. The quantitative estimate of drug-likeness (QED) is 0.0346. The Morgan fingerprint density at radius 2 is 0.726 bits per heavy atom. The van der Waals surface area contributed by atoms with E-state index in [-0.39, 0.29) is 25.2 Å². The van der Waals surface area contributed by atoms with Crippen molar-refractivity contribution in [1.29, 1.82) is 0 Å². The van der Waals surface area contributed by atoms with Gasteiger partial charge in [0.25, 0.3) is 0 Å². The summed E-state index contributed by atoms with van der Waals surface area (Å²) in [5.41, 5.74) is 0. The Balaban J connectivity index is 4.38. The maximum atomic E-state index is 12.8. The average Bonchev–Trinajstić information content (AvgIpc) is 3.27. The minimum atomic E-state index is -0.584. The van der Waals surface area contributed by atoms with E-state index in [4.69, 9.17) is 14.2 Å². The molecule has 0 amide bonds. The molecule has 0 saturated carbocycles. The third-order valence-corrected chi connectivity index (χ3v) is 10.9. The third-order valence-electron chi connectivity index (χ3n) is 10.9. The Morgan fingerprint density at radius 1 is 0.371 bits per heavy atom. The van der Waals surface area contributed by atoms with Crippen molar-refractivity contribution in [2.45, 2.75) is 245 Å². The first-order valence-corrected chi connectivity index (χ1v) is 26.1. The molecule has 0 rings (SSSR count). The van der Waals surface area contributed by atoms with Crippen molar-refractivity contribution in [3.05, 3.63) is 85.1 Å². The van der Waals surface area contributed by atoms with Gasteiger partial charge in [0.15, 0.2) is 6.10 Å². The fourth-order valence-corrected chi connectivity index (χ4v) is 7.03. The van der Waals surface area contributed by atoms with Crippen LogP contribution in [0, 0.1) is 0 Å². The van der Waals surface area contributed by atoms with Gasteiger partial charge in [-0.15, -0.1) is 0 Å². The van der Waals surface area contributed by atoms with Crippen LogP contribution in [-0.2, 0) is 23.8 Å². The van der Waals surface area contributed by atoms with Crippen molar-refractivity contribution < 1.29 is 23.8 Å². The van der Waals surface area contributed by atoms with E-state index in [1.165, 1.54) is 122 Å². The molecule has 0 fully saturated rings. The molecule has 0 aromatic heterocycles. The lowest BCUT2D eigenvalue weighted by Gasteiger charge is -2.18. The predicted molar refractivity (Wildman–Crippen MR) is 270 cm³/mol. The average molecular weight is 863 g/mol. The molecular weight excluding hydrogens is 765 g/mol. The minimum Gasteiger partial charge on any atom is -0.462 e. The van der Waals surface area contributed by atoms with E-state index in [1.54, 1.807) is 0 Å². The fraction of sp³-hybridized carbons (Fsp3) is 0.719. The highest BCUT2D eigenvalue weighted by Gasteiger charge is 2.17. The van der Waals surface area contributed by atoms with Crippen LogP contribution in [0.5, 0.6) is 0 Å². The molecule has 0 N–H and O–H groups in total. The molecule has 1 atom stereocenters. The largest absolute Gasteiger partial charge is 0.462 e. The number of carbonyl (C=O) groups is 2. The van der Waals surface area contributed by atoms with Crippen LogP contribution in [0.25, 0.3) is 0 Å². The van der Waals surface area contributed by atoms with Crippen LogP contribution in [-0.4, -0.2) is 37.9 Å². The first-order chi connectivity index (χ1) is 30.6.